The summed E-state index contributed by atoms with van der Waals surface area (Å²) < 4.78 is 5.61. The number of likely N-dealkylation sites (tertiary alicyclic amines) is 1. The zero-order valence-electron chi connectivity index (χ0n) is 32.7. The molecule has 2 saturated heterocycles. The van der Waals surface area contributed by atoms with E-state index in [4.69, 9.17) is 16.2 Å². The number of carbonyl (C=O) groups is 8. The first-order valence-electron chi connectivity index (χ1n) is 18.9. The van der Waals surface area contributed by atoms with E-state index in [0.717, 1.165) is 6.92 Å². The average Bonchev–Trinajstić information content (AvgIpc) is 3.67. The van der Waals surface area contributed by atoms with Gasteiger partial charge < -0.3 is 73.4 Å². The predicted octanol–water partition coefficient (Wildman–Crippen LogP) is -5.60. The van der Waals surface area contributed by atoms with E-state index in [2.05, 4.69) is 36.9 Å². The van der Waals surface area contributed by atoms with Gasteiger partial charge in [-0.3, -0.25) is 43.3 Å². The van der Waals surface area contributed by atoms with Crippen LogP contribution in [-0.4, -0.2) is 160 Å². The van der Waals surface area contributed by atoms with Gasteiger partial charge in [0, 0.05) is 33.4 Å². The van der Waals surface area contributed by atoms with Gasteiger partial charge in [-0.1, -0.05) is 30.3 Å². The average molecular weight is 835 g/mol. The molecule has 2 fully saturated rings. The van der Waals surface area contributed by atoms with Crippen molar-refractivity contribution in [3.8, 4) is 0 Å². The van der Waals surface area contributed by atoms with Gasteiger partial charge in [-0.05, 0) is 31.2 Å². The maximum Gasteiger partial charge on any atom is 0.305 e. The van der Waals surface area contributed by atoms with E-state index < -0.39 is 122 Å². The van der Waals surface area contributed by atoms with Gasteiger partial charge in [-0.15, -0.1) is 0 Å². The molecule has 0 unspecified atom stereocenters. The van der Waals surface area contributed by atoms with Crippen molar-refractivity contribution >= 4 is 53.3 Å². The number of hydrogen-bond donors (Lipinski definition) is 12. The maximum absolute atomic E-state index is 14.2. The topological polar surface area (TPSA) is 367 Å². The van der Waals surface area contributed by atoms with Crippen molar-refractivity contribution < 1.29 is 63.5 Å². The Bertz CT molecular complexity index is 1700. The van der Waals surface area contributed by atoms with E-state index in [-0.39, 0.29) is 38.3 Å². The number of carboxylic acid groups (broad SMARTS) is 1. The lowest BCUT2D eigenvalue weighted by Crippen LogP contribution is -2.69. The van der Waals surface area contributed by atoms with Gasteiger partial charge in [0.25, 0.3) is 0 Å². The quantitative estimate of drug-likeness (QED) is 0.0331. The Kier molecular flexibility index (Phi) is 18.4. The highest BCUT2D eigenvalue weighted by molar-refractivity contribution is 5.97. The number of aliphatic imine (C=N–C) groups is 1. The summed E-state index contributed by atoms with van der Waals surface area (Å²) in [7, 11) is 0. The third-order valence-electron chi connectivity index (χ3n) is 9.41. The van der Waals surface area contributed by atoms with E-state index in [1.54, 1.807) is 30.3 Å². The van der Waals surface area contributed by atoms with Crippen molar-refractivity contribution in [3.63, 3.8) is 0 Å². The highest BCUT2D eigenvalue weighted by atomic mass is 16.5. The molecule has 0 aromatic heterocycles. The van der Waals surface area contributed by atoms with Crippen LogP contribution in [0, 0.1) is 0 Å². The molecule has 2 heterocycles. The number of amides is 7. The van der Waals surface area contributed by atoms with Crippen LogP contribution in [0.1, 0.15) is 51.5 Å². The molecule has 14 N–H and O–H groups in total. The minimum absolute atomic E-state index is 0.0576. The molecule has 2 aliphatic heterocycles. The first kappa shape index (κ1) is 47.5. The van der Waals surface area contributed by atoms with Crippen molar-refractivity contribution in [2.45, 2.75) is 107 Å². The van der Waals surface area contributed by atoms with Crippen molar-refractivity contribution in [2.24, 2.45) is 16.5 Å². The molecule has 23 nitrogen and oxygen atoms in total. The fraction of sp³-hybridized carbons (Fsp3) is 0.583. The number of aliphatic carboxylic acids is 1. The first-order chi connectivity index (χ1) is 27.9. The second-order valence-electron chi connectivity index (χ2n) is 14.1. The Balaban J connectivity index is 1.77. The molecular formula is C36H54N10O13. The number of nitrogens with one attached hydrogen (secondary N) is 6. The van der Waals surface area contributed by atoms with Crippen molar-refractivity contribution in [1.29, 1.82) is 0 Å². The molecule has 0 bridgehead atoms. The van der Waals surface area contributed by atoms with E-state index in [1.807, 2.05) is 0 Å². The number of benzene rings is 1. The van der Waals surface area contributed by atoms with Crippen LogP contribution in [0.4, 0.5) is 0 Å². The third kappa shape index (κ3) is 14.8. The summed E-state index contributed by atoms with van der Waals surface area (Å²) in [5, 5.41) is 54.8. The van der Waals surface area contributed by atoms with E-state index in [1.165, 1.54) is 11.8 Å². The monoisotopic (exact) mass is 834 g/mol. The SMILES string of the molecule is CC(=O)N[C@@H]1[C@@H](O)[C@H](O)[C@@H](CO)O[C@H]1NC(=O)[C@@H]1CCCN1C(=O)[C@H](Cc1ccccc1)NC(=O)[C@H](CC(=O)O)NC(=O)CNC(=O)[C@H](CCCN=C(N)N)NC(C)=O. The Morgan fingerprint density at radius 3 is 2.20 bits per heavy atom. The number of aliphatic hydroxyl groups is 3. The van der Waals surface area contributed by atoms with Crippen LogP contribution < -0.4 is 43.4 Å². The largest absolute Gasteiger partial charge is 0.481 e. The number of guanidine groups is 1. The molecule has 23 heteroatoms. The fourth-order valence-corrected chi connectivity index (χ4v) is 6.63. The Hall–Kier alpha value is -5.91. The highest BCUT2D eigenvalue weighted by Gasteiger charge is 2.47. The number of carboxylic acids is 1. The third-order valence-corrected chi connectivity index (χ3v) is 9.41. The van der Waals surface area contributed by atoms with Crippen LogP contribution in [0.2, 0.25) is 0 Å². The molecule has 0 saturated carbocycles. The summed E-state index contributed by atoms with van der Waals surface area (Å²) in [4.78, 5) is 108. The normalized spacial score (nSPS) is 22.7. The van der Waals surface area contributed by atoms with Crippen LogP contribution >= 0.6 is 0 Å². The van der Waals surface area contributed by atoms with Crippen LogP contribution in [0.5, 0.6) is 0 Å². The Morgan fingerprint density at radius 2 is 1.59 bits per heavy atom. The number of carbonyl (C=O) groups excluding carboxylic acids is 7. The second-order valence-corrected chi connectivity index (χ2v) is 14.1. The molecule has 0 aliphatic carbocycles. The Morgan fingerprint density at radius 1 is 0.898 bits per heavy atom. The molecule has 7 amide bonds. The van der Waals surface area contributed by atoms with Crippen molar-refractivity contribution in [2.75, 3.05) is 26.2 Å². The van der Waals surface area contributed by atoms with Crippen LogP contribution in [0.15, 0.2) is 35.3 Å². The minimum atomic E-state index is -1.73. The Labute approximate surface area is 339 Å². The van der Waals surface area contributed by atoms with Crippen molar-refractivity contribution in [3.05, 3.63) is 35.9 Å². The molecule has 3 rings (SSSR count). The lowest BCUT2D eigenvalue weighted by atomic mass is 9.95. The van der Waals surface area contributed by atoms with Gasteiger partial charge in [0.2, 0.25) is 41.4 Å². The molecule has 0 spiro atoms. The molecule has 1 aromatic rings. The summed E-state index contributed by atoms with van der Waals surface area (Å²) in [6.07, 6.45) is -6.15. The molecule has 1 aromatic carbocycles. The summed E-state index contributed by atoms with van der Waals surface area (Å²) in [5.74, 6) is -7.06. The predicted molar refractivity (Wildman–Crippen MR) is 205 cm³/mol. The standard InChI is InChI=1S/C36H54N10O13/c1-18(48)41-21(10-6-12-39-36(37)38)31(55)40-16-26(50)43-22(15-27(51)52)32(56)44-23(14-20-8-4-3-5-9-20)35(58)46-13-7-11-24(46)33(57)45-34-28(42-19(2)49)30(54)29(53)25(17-47)59-34/h3-5,8-9,21-25,28-30,34,47,53-54H,6-7,10-17H2,1-2H3,(H,40,55)(H,41,48)(H,42,49)(H,43,50)(H,44,56)(H,45,57)(H,51,52)(H4,37,38,39)/t21-,22-,23-,24-,25+,28+,29+,30+,34+/m0/s1. The number of hydrogen-bond acceptors (Lipinski definition) is 13. The molecule has 59 heavy (non-hydrogen) atoms. The number of aliphatic hydroxyl groups excluding tert-OH is 3. The van der Waals surface area contributed by atoms with Gasteiger partial charge >= 0.3 is 5.97 Å². The summed E-state index contributed by atoms with van der Waals surface area (Å²) in [6, 6.07) is 1.77. The van der Waals surface area contributed by atoms with Crippen LogP contribution in [0.3, 0.4) is 0 Å². The van der Waals surface area contributed by atoms with E-state index >= 15 is 0 Å². The number of nitrogens with two attached hydrogens (primary N) is 2. The fourth-order valence-electron chi connectivity index (χ4n) is 6.63. The summed E-state index contributed by atoms with van der Waals surface area (Å²) in [5.41, 5.74) is 11.2. The molecule has 9 atom stereocenters. The number of rotatable bonds is 20. The zero-order valence-corrected chi connectivity index (χ0v) is 32.7. The molecule has 0 radical (unpaired) electrons. The van der Waals surface area contributed by atoms with Crippen LogP contribution in [-0.2, 0) is 49.5 Å². The molecule has 326 valence electrons. The number of ether oxygens (including phenoxy) is 1. The summed E-state index contributed by atoms with van der Waals surface area (Å²) >= 11 is 0. The second kappa shape index (κ2) is 22.9. The number of nitrogens with zero attached hydrogens (tertiary/aromatic N) is 2. The van der Waals surface area contributed by atoms with E-state index in [0.29, 0.717) is 18.4 Å². The summed E-state index contributed by atoms with van der Waals surface area (Å²) in [6.45, 7) is 1.11. The molecular weight excluding hydrogens is 780 g/mol. The zero-order chi connectivity index (χ0) is 43.8. The van der Waals surface area contributed by atoms with Crippen molar-refractivity contribution in [1.82, 2.24) is 36.8 Å². The minimum Gasteiger partial charge on any atom is -0.481 e. The first-order valence-corrected chi connectivity index (χ1v) is 18.9. The lowest BCUT2D eigenvalue weighted by Gasteiger charge is -2.43. The van der Waals surface area contributed by atoms with Gasteiger partial charge in [0.05, 0.1) is 19.6 Å². The lowest BCUT2D eigenvalue weighted by molar-refractivity contribution is -0.203. The highest BCUT2D eigenvalue weighted by Crippen LogP contribution is 2.23. The van der Waals surface area contributed by atoms with Gasteiger partial charge in [0.1, 0.15) is 48.5 Å². The smallest absolute Gasteiger partial charge is 0.305 e. The van der Waals surface area contributed by atoms with Crippen LogP contribution in [0.25, 0.3) is 0 Å². The van der Waals surface area contributed by atoms with E-state index in [9.17, 15) is 58.8 Å². The van der Waals surface area contributed by atoms with Gasteiger partial charge in [-0.25, -0.2) is 0 Å². The maximum atomic E-state index is 14.2. The molecule has 2 aliphatic rings. The van der Waals surface area contributed by atoms with Gasteiger partial charge in [-0.2, -0.15) is 0 Å². The van der Waals surface area contributed by atoms with Gasteiger partial charge in [0.15, 0.2) is 12.2 Å².